The number of nitrogens with zero attached hydrogens (tertiary/aromatic N) is 1. The minimum atomic E-state index is -0.205. The van der Waals surface area contributed by atoms with Crippen molar-refractivity contribution in [2.24, 2.45) is 0 Å². The van der Waals surface area contributed by atoms with Crippen LogP contribution in [0.15, 0.2) is 18.2 Å². The third-order valence-corrected chi connectivity index (χ3v) is 3.09. The number of para-hydroxylation sites is 1. The zero-order chi connectivity index (χ0) is 16.4. The Bertz CT molecular complexity index is 464. The summed E-state index contributed by atoms with van der Waals surface area (Å²) in [4.78, 5) is 13.9. The van der Waals surface area contributed by atoms with Crippen LogP contribution in [0.25, 0.3) is 0 Å². The Kier molecular flexibility index (Phi) is 8.14. The van der Waals surface area contributed by atoms with Crippen LogP contribution in [-0.4, -0.2) is 40.6 Å². The van der Waals surface area contributed by atoms with Crippen LogP contribution in [0.3, 0.4) is 0 Å². The van der Waals surface area contributed by atoms with Crippen molar-refractivity contribution in [1.82, 2.24) is 5.32 Å². The topological polar surface area (TPSA) is 62.8 Å². The molecule has 0 unspecified atom stereocenters. The quantitative estimate of drug-likeness (QED) is 0.543. The van der Waals surface area contributed by atoms with Gasteiger partial charge in [0.25, 0.3) is 0 Å². The molecule has 22 heavy (non-hydrogen) atoms. The lowest BCUT2D eigenvalue weighted by Crippen LogP contribution is -2.30. The van der Waals surface area contributed by atoms with Crippen LogP contribution in [0, 0.1) is 0 Å². The van der Waals surface area contributed by atoms with Gasteiger partial charge in [-0.15, -0.1) is 0 Å². The maximum absolute atomic E-state index is 12.0. The average Bonchev–Trinajstić information content (AvgIpc) is 2.49. The van der Waals surface area contributed by atoms with E-state index in [0.717, 1.165) is 24.9 Å². The molecule has 0 spiro atoms. The summed E-state index contributed by atoms with van der Waals surface area (Å²) in [5, 5.41) is 5.73. The Morgan fingerprint density at radius 3 is 2.68 bits per heavy atom. The van der Waals surface area contributed by atoms with Gasteiger partial charge in [0.15, 0.2) is 6.79 Å². The SMILES string of the molecule is CCCCCNC(=O)Nc1cccc(OCOC)c1N(C)C. The van der Waals surface area contributed by atoms with E-state index in [9.17, 15) is 4.79 Å². The molecule has 0 atom stereocenters. The van der Waals surface area contributed by atoms with Gasteiger partial charge in [0, 0.05) is 27.7 Å². The largest absolute Gasteiger partial charge is 0.465 e. The molecule has 2 N–H and O–H groups in total. The summed E-state index contributed by atoms with van der Waals surface area (Å²) in [5.74, 6) is 0.663. The van der Waals surface area contributed by atoms with Crippen LogP contribution < -0.4 is 20.3 Å². The fourth-order valence-electron chi connectivity index (χ4n) is 2.07. The second-order valence-electron chi connectivity index (χ2n) is 5.19. The molecule has 6 nitrogen and oxygen atoms in total. The van der Waals surface area contributed by atoms with Crippen LogP contribution in [0.5, 0.6) is 5.75 Å². The number of rotatable bonds is 9. The number of nitrogens with one attached hydrogen (secondary N) is 2. The molecule has 1 aromatic carbocycles. The summed E-state index contributed by atoms with van der Waals surface area (Å²) in [7, 11) is 5.37. The fourth-order valence-corrected chi connectivity index (χ4v) is 2.07. The number of ether oxygens (including phenoxy) is 2. The maximum Gasteiger partial charge on any atom is 0.319 e. The second-order valence-corrected chi connectivity index (χ2v) is 5.19. The maximum atomic E-state index is 12.0. The normalized spacial score (nSPS) is 10.2. The Balaban J connectivity index is 2.74. The van der Waals surface area contributed by atoms with Gasteiger partial charge in [-0.2, -0.15) is 0 Å². The van der Waals surface area contributed by atoms with Gasteiger partial charge in [-0.3, -0.25) is 0 Å². The monoisotopic (exact) mass is 309 g/mol. The van der Waals surface area contributed by atoms with E-state index in [1.807, 2.05) is 37.2 Å². The van der Waals surface area contributed by atoms with Crippen LogP contribution in [-0.2, 0) is 4.74 Å². The molecule has 0 bridgehead atoms. The third-order valence-electron chi connectivity index (χ3n) is 3.09. The molecular weight excluding hydrogens is 282 g/mol. The predicted octanol–water partition coefficient (Wildman–Crippen LogP) is 3.05. The summed E-state index contributed by atoms with van der Waals surface area (Å²) in [6, 6.07) is 5.33. The van der Waals surface area contributed by atoms with E-state index in [1.165, 1.54) is 0 Å². The highest BCUT2D eigenvalue weighted by atomic mass is 16.7. The molecule has 2 amide bonds. The predicted molar refractivity (Wildman–Crippen MR) is 89.8 cm³/mol. The molecular formula is C16H27N3O3. The summed E-state index contributed by atoms with van der Waals surface area (Å²) < 4.78 is 10.5. The average molecular weight is 309 g/mol. The van der Waals surface area contributed by atoms with E-state index in [1.54, 1.807) is 7.11 Å². The molecule has 0 aromatic heterocycles. The first-order valence-electron chi connectivity index (χ1n) is 7.57. The first-order chi connectivity index (χ1) is 10.6. The third kappa shape index (κ3) is 5.81. The number of hydrogen-bond acceptors (Lipinski definition) is 4. The second kappa shape index (κ2) is 9.89. The number of benzene rings is 1. The number of carbonyl (C=O) groups excluding carboxylic acids is 1. The van der Waals surface area contributed by atoms with Gasteiger partial charge in [0.1, 0.15) is 11.4 Å². The summed E-state index contributed by atoms with van der Waals surface area (Å²) in [6.07, 6.45) is 3.23. The lowest BCUT2D eigenvalue weighted by Gasteiger charge is -2.21. The lowest BCUT2D eigenvalue weighted by atomic mass is 10.2. The van der Waals surface area contributed by atoms with E-state index >= 15 is 0 Å². The molecule has 1 aromatic rings. The van der Waals surface area contributed by atoms with Crippen molar-refractivity contribution >= 4 is 17.4 Å². The molecule has 124 valence electrons. The number of carbonyl (C=O) groups is 1. The Morgan fingerprint density at radius 2 is 2.05 bits per heavy atom. The molecule has 0 aliphatic carbocycles. The fraction of sp³-hybridized carbons (Fsp3) is 0.562. The lowest BCUT2D eigenvalue weighted by molar-refractivity contribution is 0.0515. The van der Waals surface area contributed by atoms with E-state index in [-0.39, 0.29) is 12.8 Å². The van der Waals surface area contributed by atoms with Gasteiger partial charge >= 0.3 is 6.03 Å². The van der Waals surface area contributed by atoms with Crippen LogP contribution in [0.2, 0.25) is 0 Å². The number of anilines is 2. The van der Waals surface area contributed by atoms with Crippen molar-refractivity contribution in [2.45, 2.75) is 26.2 Å². The smallest absolute Gasteiger partial charge is 0.319 e. The molecule has 0 fully saturated rings. The molecule has 0 saturated heterocycles. The molecule has 0 radical (unpaired) electrons. The minimum Gasteiger partial charge on any atom is -0.465 e. The van der Waals surface area contributed by atoms with Gasteiger partial charge in [-0.1, -0.05) is 25.8 Å². The molecule has 0 saturated carbocycles. The zero-order valence-electron chi connectivity index (χ0n) is 13.9. The highest BCUT2D eigenvalue weighted by molar-refractivity contribution is 5.94. The van der Waals surface area contributed by atoms with Gasteiger partial charge in [0.05, 0.1) is 5.69 Å². The van der Waals surface area contributed by atoms with Crippen molar-refractivity contribution in [3.63, 3.8) is 0 Å². The first kappa shape index (κ1) is 18.1. The Morgan fingerprint density at radius 1 is 1.27 bits per heavy atom. The zero-order valence-corrected chi connectivity index (χ0v) is 13.9. The first-order valence-corrected chi connectivity index (χ1v) is 7.57. The van der Waals surface area contributed by atoms with Crippen molar-refractivity contribution < 1.29 is 14.3 Å². The van der Waals surface area contributed by atoms with Crippen LogP contribution >= 0.6 is 0 Å². The van der Waals surface area contributed by atoms with Crippen molar-refractivity contribution in [3.05, 3.63) is 18.2 Å². The summed E-state index contributed by atoms with van der Waals surface area (Å²) in [6.45, 7) is 2.97. The Hall–Kier alpha value is -1.95. The van der Waals surface area contributed by atoms with Crippen molar-refractivity contribution in [2.75, 3.05) is 44.8 Å². The van der Waals surface area contributed by atoms with Crippen molar-refractivity contribution in [3.8, 4) is 5.75 Å². The van der Waals surface area contributed by atoms with Crippen molar-refractivity contribution in [1.29, 1.82) is 0 Å². The molecule has 0 aliphatic heterocycles. The van der Waals surface area contributed by atoms with Crippen LogP contribution in [0.4, 0.5) is 16.2 Å². The molecule has 0 aliphatic rings. The Labute approximate surface area is 132 Å². The molecule has 0 heterocycles. The van der Waals surface area contributed by atoms with Gasteiger partial charge in [0.2, 0.25) is 0 Å². The standard InChI is InChI=1S/C16H27N3O3/c1-5-6-7-11-17-16(20)18-13-9-8-10-14(22-12-21-4)15(13)19(2)3/h8-10H,5-7,11-12H2,1-4H3,(H2,17,18,20). The van der Waals surface area contributed by atoms with Gasteiger partial charge < -0.3 is 25.0 Å². The van der Waals surface area contributed by atoms with E-state index in [4.69, 9.17) is 9.47 Å². The summed E-state index contributed by atoms with van der Waals surface area (Å²) in [5.41, 5.74) is 1.51. The molecule has 1 rings (SSSR count). The van der Waals surface area contributed by atoms with E-state index in [0.29, 0.717) is 18.0 Å². The van der Waals surface area contributed by atoms with Crippen LogP contribution in [0.1, 0.15) is 26.2 Å². The summed E-state index contributed by atoms with van der Waals surface area (Å²) >= 11 is 0. The minimum absolute atomic E-state index is 0.160. The van der Waals surface area contributed by atoms with E-state index < -0.39 is 0 Å². The van der Waals surface area contributed by atoms with Gasteiger partial charge in [-0.25, -0.2) is 4.79 Å². The number of hydrogen-bond donors (Lipinski definition) is 2. The molecule has 6 heteroatoms. The highest BCUT2D eigenvalue weighted by Crippen LogP contribution is 2.34. The van der Waals surface area contributed by atoms with Gasteiger partial charge in [-0.05, 0) is 18.6 Å². The number of urea groups is 1. The van der Waals surface area contributed by atoms with E-state index in [2.05, 4.69) is 17.6 Å². The number of methoxy groups -OCH3 is 1. The number of unbranched alkanes of at least 4 members (excludes halogenated alkanes) is 2. The highest BCUT2D eigenvalue weighted by Gasteiger charge is 2.13. The number of amides is 2.